The van der Waals surface area contributed by atoms with E-state index < -0.39 is 8.32 Å². The zero-order valence-electron chi connectivity index (χ0n) is 9.87. The van der Waals surface area contributed by atoms with Crippen molar-refractivity contribution in [1.82, 2.24) is 0 Å². The van der Waals surface area contributed by atoms with Crippen molar-refractivity contribution in [3.63, 3.8) is 0 Å². The van der Waals surface area contributed by atoms with Crippen LogP contribution < -0.4 is 0 Å². The van der Waals surface area contributed by atoms with Gasteiger partial charge in [0.25, 0.3) is 0 Å². The van der Waals surface area contributed by atoms with Crippen LogP contribution in [0.3, 0.4) is 0 Å². The molecule has 1 aliphatic carbocycles. The molecule has 0 saturated carbocycles. The van der Waals surface area contributed by atoms with Gasteiger partial charge in [-0.2, -0.15) is 0 Å². The molecule has 82 valence electrons. The van der Waals surface area contributed by atoms with Gasteiger partial charge in [-0.15, -0.1) is 0 Å². The Bertz CT molecular complexity index is 228. The molecule has 0 aliphatic heterocycles. The van der Waals surface area contributed by atoms with Crippen molar-refractivity contribution in [2.24, 2.45) is 0 Å². The van der Waals surface area contributed by atoms with Crippen molar-refractivity contribution in [3.05, 3.63) is 12.2 Å². The van der Waals surface area contributed by atoms with Gasteiger partial charge in [-0.3, -0.25) is 0 Å². The largest absolute Gasteiger partial charge is 0.410 e. The van der Waals surface area contributed by atoms with E-state index in [1.54, 1.807) is 0 Å². The quantitative estimate of drug-likeness (QED) is 0.566. The van der Waals surface area contributed by atoms with E-state index in [1.807, 2.05) is 12.2 Å². The molecule has 3 heteroatoms. The number of rotatable bonds is 2. The Labute approximate surface area is 88.1 Å². The molecule has 0 saturated heterocycles. The van der Waals surface area contributed by atoms with Crippen molar-refractivity contribution >= 4 is 8.32 Å². The SMILES string of the molecule is CC(C)(C)[Si](C)(C)O[C@H]1C=C[C@@H](O)C1. The Hall–Kier alpha value is -0.123. The highest BCUT2D eigenvalue weighted by molar-refractivity contribution is 6.74. The lowest BCUT2D eigenvalue weighted by Crippen LogP contribution is -2.43. The Morgan fingerprint density at radius 1 is 1.29 bits per heavy atom. The topological polar surface area (TPSA) is 29.5 Å². The Kier molecular flexibility index (Phi) is 3.24. The van der Waals surface area contributed by atoms with Gasteiger partial charge in [-0.1, -0.05) is 32.9 Å². The average molecular weight is 214 g/mol. The van der Waals surface area contributed by atoms with E-state index in [2.05, 4.69) is 33.9 Å². The first-order valence-electron chi connectivity index (χ1n) is 5.26. The summed E-state index contributed by atoms with van der Waals surface area (Å²) in [4.78, 5) is 0. The average Bonchev–Trinajstić information content (AvgIpc) is 2.31. The number of hydrogen-bond donors (Lipinski definition) is 1. The van der Waals surface area contributed by atoms with Gasteiger partial charge in [-0.05, 0) is 18.1 Å². The fourth-order valence-electron chi connectivity index (χ4n) is 1.29. The van der Waals surface area contributed by atoms with Crippen molar-refractivity contribution < 1.29 is 9.53 Å². The van der Waals surface area contributed by atoms with E-state index >= 15 is 0 Å². The molecule has 0 aromatic carbocycles. The van der Waals surface area contributed by atoms with Gasteiger partial charge in [0, 0.05) is 6.42 Å². The molecule has 0 fully saturated rings. The van der Waals surface area contributed by atoms with E-state index in [1.165, 1.54) is 0 Å². The van der Waals surface area contributed by atoms with Crippen LogP contribution in [0, 0.1) is 0 Å². The Morgan fingerprint density at radius 3 is 2.21 bits per heavy atom. The first kappa shape index (κ1) is 11.9. The van der Waals surface area contributed by atoms with Gasteiger partial charge < -0.3 is 9.53 Å². The van der Waals surface area contributed by atoms with Crippen LogP contribution in [0.15, 0.2) is 12.2 Å². The van der Waals surface area contributed by atoms with Crippen LogP contribution in [0.25, 0.3) is 0 Å². The lowest BCUT2D eigenvalue weighted by atomic mass is 10.2. The zero-order valence-corrected chi connectivity index (χ0v) is 10.9. The molecule has 14 heavy (non-hydrogen) atoms. The molecule has 0 heterocycles. The summed E-state index contributed by atoms with van der Waals surface area (Å²) in [5.74, 6) is 0. The molecule has 0 aromatic rings. The van der Waals surface area contributed by atoms with E-state index in [-0.39, 0.29) is 17.2 Å². The molecule has 2 nitrogen and oxygen atoms in total. The first-order chi connectivity index (χ1) is 6.22. The van der Waals surface area contributed by atoms with Crippen LogP contribution in [0.5, 0.6) is 0 Å². The molecule has 0 aromatic heterocycles. The maximum atomic E-state index is 9.35. The summed E-state index contributed by atoms with van der Waals surface area (Å²) in [6.07, 6.45) is 4.38. The summed E-state index contributed by atoms with van der Waals surface area (Å²) in [5, 5.41) is 9.59. The second kappa shape index (κ2) is 3.80. The highest BCUT2D eigenvalue weighted by atomic mass is 28.4. The third kappa shape index (κ3) is 2.68. The molecule has 0 amide bonds. The van der Waals surface area contributed by atoms with Gasteiger partial charge in [0.2, 0.25) is 0 Å². The maximum Gasteiger partial charge on any atom is 0.192 e. The monoisotopic (exact) mass is 214 g/mol. The van der Waals surface area contributed by atoms with E-state index in [0.717, 1.165) is 6.42 Å². The summed E-state index contributed by atoms with van der Waals surface area (Å²) in [7, 11) is -1.66. The van der Waals surface area contributed by atoms with E-state index in [4.69, 9.17) is 4.43 Å². The van der Waals surface area contributed by atoms with Crippen molar-refractivity contribution in [2.75, 3.05) is 0 Å². The molecule has 1 rings (SSSR count). The molecule has 1 N–H and O–H groups in total. The van der Waals surface area contributed by atoms with Gasteiger partial charge >= 0.3 is 0 Å². The van der Waals surface area contributed by atoms with Gasteiger partial charge in [-0.25, -0.2) is 0 Å². The molecule has 0 unspecified atom stereocenters. The fraction of sp³-hybridized carbons (Fsp3) is 0.818. The smallest absolute Gasteiger partial charge is 0.192 e. The van der Waals surface area contributed by atoms with Crippen LogP contribution in [0.1, 0.15) is 27.2 Å². The molecule has 1 aliphatic rings. The minimum absolute atomic E-state index is 0.130. The molecule has 0 spiro atoms. The standard InChI is InChI=1S/C11H22O2Si/c1-11(2,3)14(4,5)13-10-7-6-9(12)8-10/h6-7,9-10,12H,8H2,1-5H3/t9-,10+/m1/s1. The maximum absolute atomic E-state index is 9.35. The van der Waals surface area contributed by atoms with E-state index in [9.17, 15) is 5.11 Å². The molecule has 2 atom stereocenters. The third-order valence-corrected chi connectivity index (χ3v) is 7.78. The zero-order chi connectivity index (χ0) is 11.0. The normalized spacial score (nSPS) is 28.4. The van der Waals surface area contributed by atoms with Crippen LogP contribution in [-0.4, -0.2) is 25.6 Å². The molecular formula is C11H22O2Si. The lowest BCUT2D eigenvalue weighted by molar-refractivity contribution is 0.155. The Balaban J connectivity index is 2.56. The van der Waals surface area contributed by atoms with E-state index in [0.29, 0.717) is 0 Å². The van der Waals surface area contributed by atoms with Crippen LogP contribution in [0.2, 0.25) is 18.1 Å². The molecule has 0 radical (unpaired) electrons. The Morgan fingerprint density at radius 2 is 1.86 bits per heavy atom. The minimum Gasteiger partial charge on any atom is -0.410 e. The summed E-state index contributed by atoms with van der Waals surface area (Å²) in [6, 6.07) is 0. The van der Waals surface area contributed by atoms with Crippen LogP contribution >= 0.6 is 0 Å². The van der Waals surface area contributed by atoms with Crippen molar-refractivity contribution in [2.45, 2.75) is 57.5 Å². The van der Waals surface area contributed by atoms with Crippen molar-refractivity contribution in [1.29, 1.82) is 0 Å². The number of aliphatic hydroxyl groups is 1. The minimum atomic E-state index is -1.66. The van der Waals surface area contributed by atoms with Crippen LogP contribution in [0.4, 0.5) is 0 Å². The summed E-state index contributed by atoms with van der Waals surface area (Å²) in [6.45, 7) is 11.2. The molecule has 0 bridgehead atoms. The summed E-state index contributed by atoms with van der Waals surface area (Å²) in [5.41, 5.74) is 0. The summed E-state index contributed by atoms with van der Waals surface area (Å²) >= 11 is 0. The lowest BCUT2D eigenvalue weighted by Gasteiger charge is -2.38. The predicted molar refractivity (Wildman–Crippen MR) is 61.8 cm³/mol. The highest BCUT2D eigenvalue weighted by Gasteiger charge is 2.39. The summed E-state index contributed by atoms with van der Waals surface area (Å²) < 4.78 is 6.13. The molecular weight excluding hydrogens is 192 g/mol. The first-order valence-corrected chi connectivity index (χ1v) is 8.17. The van der Waals surface area contributed by atoms with Crippen molar-refractivity contribution in [3.8, 4) is 0 Å². The number of aliphatic hydroxyl groups excluding tert-OH is 1. The van der Waals surface area contributed by atoms with Gasteiger partial charge in [0.15, 0.2) is 8.32 Å². The highest BCUT2D eigenvalue weighted by Crippen LogP contribution is 2.38. The van der Waals surface area contributed by atoms with Crippen LogP contribution in [-0.2, 0) is 4.43 Å². The van der Waals surface area contributed by atoms with Gasteiger partial charge in [0.1, 0.15) is 0 Å². The second-order valence-electron chi connectivity index (χ2n) is 5.60. The third-order valence-electron chi connectivity index (χ3n) is 3.27. The predicted octanol–water partition coefficient (Wildman–Crippen LogP) is 2.70. The second-order valence-corrected chi connectivity index (χ2v) is 10.4. The number of hydrogen-bond acceptors (Lipinski definition) is 2. The fourth-order valence-corrected chi connectivity index (χ4v) is 2.58. The van der Waals surface area contributed by atoms with Gasteiger partial charge in [0.05, 0.1) is 12.2 Å².